The van der Waals surface area contributed by atoms with E-state index in [2.05, 4.69) is 10.6 Å². The van der Waals surface area contributed by atoms with Crippen LogP contribution in [0.25, 0.3) is 0 Å². The van der Waals surface area contributed by atoms with Gasteiger partial charge in [-0.25, -0.2) is 8.42 Å². The average molecular weight is 460 g/mol. The molecule has 2 aromatic carbocycles. The van der Waals surface area contributed by atoms with Gasteiger partial charge in [0.05, 0.1) is 11.9 Å². The maximum Gasteiger partial charge on any atom is 0.255 e. The first-order valence-electron chi connectivity index (χ1n) is 10.6. The predicted octanol–water partition coefficient (Wildman–Crippen LogP) is 2.81. The van der Waals surface area contributed by atoms with E-state index in [0.717, 1.165) is 12.0 Å². The number of rotatable bonds is 9. The fraction of sp³-hybridized carbons (Fsp3) is 0.391. The van der Waals surface area contributed by atoms with E-state index < -0.39 is 10.0 Å². The van der Waals surface area contributed by atoms with Crippen LogP contribution in [0.3, 0.4) is 0 Å². The maximum absolute atomic E-state index is 12.8. The molecule has 0 saturated carbocycles. The molecular formula is C23H29N3O5S. The van der Waals surface area contributed by atoms with E-state index in [0.29, 0.717) is 48.7 Å². The fourth-order valence-electron chi connectivity index (χ4n) is 3.81. The van der Waals surface area contributed by atoms with Gasteiger partial charge in [-0.2, -0.15) is 0 Å². The van der Waals surface area contributed by atoms with Gasteiger partial charge in [-0.15, -0.1) is 0 Å². The van der Waals surface area contributed by atoms with E-state index in [1.165, 1.54) is 10.6 Å². The molecule has 1 unspecified atom stereocenters. The third-order valence-corrected chi connectivity index (χ3v) is 6.46. The van der Waals surface area contributed by atoms with Gasteiger partial charge in [-0.3, -0.25) is 13.9 Å². The van der Waals surface area contributed by atoms with Gasteiger partial charge in [0.2, 0.25) is 10.0 Å². The third kappa shape index (κ3) is 5.66. The molecule has 0 saturated heterocycles. The lowest BCUT2D eigenvalue weighted by Gasteiger charge is -2.21. The molecule has 1 aliphatic heterocycles. The van der Waals surface area contributed by atoms with Gasteiger partial charge >= 0.3 is 0 Å². The number of fused-ring (bicyclic) bond motifs is 1. The molecule has 0 aromatic heterocycles. The van der Waals surface area contributed by atoms with Crippen LogP contribution in [-0.2, 0) is 21.2 Å². The van der Waals surface area contributed by atoms with Crippen LogP contribution in [0.2, 0.25) is 0 Å². The van der Waals surface area contributed by atoms with Crippen molar-refractivity contribution in [2.45, 2.75) is 32.7 Å². The summed E-state index contributed by atoms with van der Waals surface area (Å²) in [7, 11) is -3.38. The molecule has 8 nitrogen and oxygen atoms in total. The van der Waals surface area contributed by atoms with Gasteiger partial charge in [-0.1, -0.05) is 6.07 Å². The summed E-state index contributed by atoms with van der Waals surface area (Å²) in [6, 6.07) is 11.5. The molecule has 2 N–H and O–H groups in total. The van der Waals surface area contributed by atoms with Crippen molar-refractivity contribution in [2.75, 3.05) is 35.6 Å². The molecule has 0 fully saturated rings. The van der Waals surface area contributed by atoms with E-state index in [1.807, 2.05) is 13.8 Å². The highest BCUT2D eigenvalue weighted by atomic mass is 32.2. The number of carbonyl (C=O) groups excluding carboxylic acids is 2. The Balaban J connectivity index is 1.66. The van der Waals surface area contributed by atoms with Crippen LogP contribution in [-0.4, -0.2) is 52.3 Å². The molecule has 172 valence electrons. The summed E-state index contributed by atoms with van der Waals surface area (Å²) in [5.74, 6) is -0.544. The summed E-state index contributed by atoms with van der Waals surface area (Å²) in [5, 5.41) is 5.64. The van der Waals surface area contributed by atoms with Crippen molar-refractivity contribution >= 4 is 33.2 Å². The lowest BCUT2D eigenvalue weighted by atomic mass is 10.1. The summed E-state index contributed by atoms with van der Waals surface area (Å²) in [4.78, 5) is 25.1. The van der Waals surface area contributed by atoms with Crippen molar-refractivity contribution in [3.63, 3.8) is 0 Å². The Kier molecular flexibility index (Phi) is 7.52. The fourth-order valence-corrected chi connectivity index (χ4v) is 5.08. The van der Waals surface area contributed by atoms with Crippen molar-refractivity contribution in [3.8, 4) is 0 Å². The zero-order chi connectivity index (χ0) is 23.3. The summed E-state index contributed by atoms with van der Waals surface area (Å²) in [6.45, 7) is 5.51. The molecule has 0 radical (unpaired) electrons. The number of anilines is 2. The SMILES string of the molecule is CCOCCCNC(=O)c1cccc(NC(=O)c2ccc3c(c2)CC(C)N3S(C)(=O)=O)c1. The molecule has 0 bridgehead atoms. The average Bonchev–Trinajstić information content (AvgIpc) is 3.08. The van der Waals surface area contributed by atoms with Crippen LogP contribution < -0.4 is 14.9 Å². The minimum Gasteiger partial charge on any atom is -0.382 e. The summed E-state index contributed by atoms with van der Waals surface area (Å²) >= 11 is 0. The van der Waals surface area contributed by atoms with Gasteiger partial charge in [-0.05, 0) is 68.7 Å². The quantitative estimate of drug-likeness (QED) is 0.561. The first-order valence-corrected chi connectivity index (χ1v) is 12.4. The molecule has 2 amide bonds. The first kappa shape index (κ1) is 23.7. The van der Waals surface area contributed by atoms with Crippen LogP contribution >= 0.6 is 0 Å². The molecule has 2 aromatic rings. The smallest absolute Gasteiger partial charge is 0.255 e. The molecule has 3 rings (SSSR count). The van der Waals surface area contributed by atoms with Gasteiger partial charge in [0.25, 0.3) is 11.8 Å². The minimum atomic E-state index is -3.38. The number of amides is 2. The lowest BCUT2D eigenvalue weighted by Crippen LogP contribution is -2.34. The van der Waals surface area contributed by atoms with Crippen LogP contribution in [0, 0.1) is 0 Å². The Hall–Kier alpha value is -2.91. The monoisotopic (exact) mass is 459 g/mol. The second-order valence-electron chi connectivity index (χ2n) is 7.80. The Morgan fingerprint density at radius 3 is 2.59 bits per heavy atom. The van der Waals surface area contributed by atoms with Crippen molar-refractivity contribution in [2.24, 2.45) is 0 Å². The topological polar surface area (TPSA) is 105 Å². The minimum absolute atomic E-state index is 0.193. The Morgan fingerprint density at radius 2 is 1.88 bits per heavy atom. The summed E-state index contributed by atoms with van der Waals surface area (Å²) in [5.41, 5.74) is 2.81. The molecule has 1 atom stereocenters. The van der Waals surface area contributed by atoms with E-state index in [-0.39, 0.29) is 17.9 Å². The van der Waals surface area contributed by atoms with E-state index in [1.54, 1.807) is 42.5 Å². The standard InChI is InChI=1S/C23H29N3O5S/c1-4-31-12-6-11-24-22(27)17-7-5-8-20(15-17)25-23(28)18-9-10-21-19(14-18)13-16(2)26(21)32(3,29)30/h5,7-10,14-16H,4,6,11-13H2,1-3H3,(H,24,27)(H,25,28). The largest absolute Gasteiger partial charge is 0.382 e. The molecular weight excluding hydrogens is 430 g/mol. The van der Waals surface area contributed by atoms with Gasteiger partial charge < -0.3 is 15.4 Å². The number of benzene rings is 2. The first-order chi connectivity index (χ1) is 15.2. The van der Waals surface area contributed by atoms with Crippen molar-refractivity contribution in [1.82, 2.24) is 5.32 Å². The Labute approximate surface area is 189 Å². The number of ether oxygens (including phenoxy) is 1. The number of sulfonamides is 1. The number of hydrogen-bond acceptors (Lipinski definition) is 5. The number of hydrogen-bond donors (Lipinski definition) is 2. The van der Waals surface area contributed by atoms with E-state index in [4.69, 9.17) is 4.74 Å². The zero-order valence-electron chi connectivity index (χ0n) is 18.6. The van der Waals surface area contributed by atoms with Gasteiger partial charge in [0.1, 0.15) is 0 Å². The second kappa shape index (κ2) is 10.1. The molecule has 1 heterocycles. The van der Waals surface area contributed by atoms with Crippen molar-refractivity contribution in [1.29, 1.82) is 0 Å². The molecule has 0 aliphatic carbocycles. The van der Waals surface area contributed by atoms with Crippen molar-refractivity contribution < 1.29 is 22.7 Å². The number of nitrogens with one attached hydrogen (secondary N) is 2. The molecule has 1 aliphatic rings. The summed E-state index contributed by atoms with van der Waals surface area (Å²) < 4.78 is 30.8. The third-order valence-electron chi connectivity index (χ3n) is 5.19. The second-order valence-corrected chi connectivity index (χ2v) is 9.66. The highest BCUT2D eigenvalue weighted by molar-refractivity contribution is 7.92. The zero-order valence-corrected chi connectivity index (χ0v) is 19.4. The normalized spacial score (nSPS) is 15.3. The predicted molar refractivity (Wildman–Crippen MR) is 125 cm³/mol. The van der Waals surface area contributed by atoms with E-state index >= 15 is 0 Å². The van der Waals surface area contributed by atoms with Crippen LogP contribution in [0.1, 0.15) is 46.5 Å². The van der Waals surface area contributed by atoms with Crippen LogP contribution in [0.15, 0.2) is 42.5 Å². The lowest BCUT2D eigenvalue weighted by molar-refractivity contribution is 0.0943. The van der Waals surface area contributed by atoms with E-state index in [9.17, 15) is 18.0 Å². The van der Waals surface area contributed by atoms with Gasteiger partial charge in [0.15, 0.2) is 0 Å². The van der Waals surface area contributed by atoms with Crippen LogP contribution in [0.5, 0.6) is 0 Å². The Morgan fingerprint density at radius 1 is 1.12 bits per heavy atom. The number of nitrogens with zero attached hydrogens (tertiary/aromatic N) is 1. The summed E-state index contributed by atoms with van der Waals surface area (Å²) in [6.07, 6.45) is 2.45. The maximum atomic E-state index is 12.8. The number of carbonyl (C=O) groups is 2. The molecule has 9 heteroatoms. The highest BCUT2D eigenvalue weighted by Gasteiger charge is 2.32. The van der Waals surface area contributed by atoms with Crippen LogP contribution in [0.4, 0.5) is 11.4 Å². The van der Waals surface area contributed by atoms with Crippen molar-refractivity contribution in [3.05, 3.63) is 59.2 Å². The molecule has 0 spiro atoms. The molecule has 32 heavy (non-hydrogen) atoms. The Bertz CT molecular complexity index is 1100. The highest BCUT2D eigenvalue weighted by Crippen LogP contribution is 2.34. The van der Waals surface area contributed by atoms with Gasteiger partial charge in [0, 0.05) is 42.6 Å².